The van der Waals surface area contributed by atoms with Crippen molar-refractivity contribution in [1.82, 2.24) is 14.8 Å². The first kappa shape index (κ1) is 14.2. The van der Waals surface area contributed by atoms with Crippen LogP contribution >= 0.6 is 0 Å². The zero-order valence-electron chi connectivity index (χ0n) is 12.1. The van der Waals surface area contributed by atoms with E-state index in [2.05, 4.69) is 20.9 Å². The summed E-state index contributed by atoms with van der Waals surface area (Å²) in [6, 6.07) is 10.9. The Balaban J connectivity index is 1.47. The van der Waals surface area contributed by atoms with E-state index in [0.717, 1.165) is 39.3 Å². The molecule has 4 heteroatoms. The Hall–Kier alpha value is -1.78. The van der Waals surface area contributed by atoms with E-state index in [9.17, 15) is 4.39 Å². The molecule has 1 aromatic heterocycles. The second kappa shape index (κ2) is 6.78. The fourth-order valence-corrected chi connectivity index (χ4v) is 2.70. The molecule has 0 aliphatic carbocycles. The molecule has 0 N–H and O–H groups in total. The van der Waals surface area contributed by atoms with E-state index in [-0.39, 0.29) is 5.82 Å². The van der Waals surface area contributed by atoms with Crippen molar-refractivity contribution in [2.24, 2.45) is 0 Å². The molecule has 3 rings (SSSR count). The van der Waals surface area contributed by atoms with Gasteiger partial charge in [-0.2, -0.15) is 0 Å². The van der Waals surface area contributed by atoms with Crippen LogP contribution in [-0.2, 0) is 13.1 Å². The highest BCUT2D eigenvalue weighted by molar-refractivity contribution is 5.16. The summed E-state index contributed by atoms with van der Waals surface area (Å²) in [6.07, 6.45) is 3.75. The second-order valence-corrected chi connectivity index (χ2v) is 5.54. The number of pyridine rings is 1. The lowest BCUT2D eigenvalue weighted by molar-refractivity contribution is 0.122. The van der Waals surface area contributed by atoms with Crippen molar-refractivity contribution in [2.45, 2.75) is 13.1 Å². The maximum atomic E-state index is 12.9. The summed E-state index contributed by atoms with van der Waals surface area (Å²) in [5, 5.41) is 0. The van der Waals surface area contributed by atoms with E-state index < -0.39 is 0 Å². The van der Waals surface area contributed by atoms with Crippen molar-refractivity contribution in [1.29, 1.82) is 0 Å². The van der Waals surface area contributed by atoms with Crippen LogP contribution in [0.15, 0.2) is 48.8 Å². The van der Waals surface area contributed by atoms with E-state index in [1.165, 1.54) is 23.3 Å². The summed E-state index contributed by atoms with van der Waals surface area (Å²) >= 11 is 0. The smallest absolute Gasteiger partial charge is 0.123 e. The van der Waals surface area contributed by atoms with Gasteiger partial charge in [0.05, 0.1) is 0 Å². The zero-order valence-corrected chi connectivity index (χ0v) is 12.1. The highest BCUT2D eigenvalue weighted by Crippen LogP contribution is 2.11. The molecule has 0 atom stereocenters. The molecule has 1 saturated heterocycles. The Kier molecular flexibility index (Phi) is 4.58. The lowest BCUT2D eigenvalue weighted by Gasteiger charge is -2.34. The average Bonchev–Trinajstić information content (AvgIpc) is 2.53. The number of hydrogen-bond donors (Lipinski definition) is 0. The maximum Gasteiger partial charge on any atom is 0.123 e. The van der Waals surface area contributed by atoms with Crippen molar-refractivity contribution < 1.29 is 4.39 Å². The first-order valence-corrected chi connectivity index (χ1v) is 7.38. The summed E-state index contributed by atoms with van der Waals surface area (Å²) in [5.74, 6) is -0.167. The number of aromatic nitrogens is 1. The van der Waals surface area contributed by atoms with Gasteiger partial charge in [0.15, 0.2) is 0 Å². The average molecular weight is 285 g/mol. The van der Waals surface area contributed by atoms with Crippen LogP contribution < -0.4 is 0 Å². The third kappa shape index (κ3) is 4.09. The van der Waals surface area contributed by atoms with Crippen LogP contribution in [0.1, 0.15) is 11.1 Å². The lowest BCUT2D eigenvalue weighted by atomic mass is 10.2. The standard InChI is InChI=1S/C17H20FN3/c18-17-5-3-15(4-6-17)13-20-8-10-21(11-9-20)14-16-2-1-7-19-12-16/h1-7,12H,8-11,13-14H2. The number of hydrogen-bond acceptors (Lipinski definition) is 3. The van der Waals surface area contributed by atoms with Gasteiger partial charge in [-0.05, 0) is 29.3 Å². The largest absolute Gasteiger partial charge is 0.297 e. The lowest BCUT2D eigenvalue weighted by Crippen LogP contribution is -2.45. The highest BCUT2D eigenvalue weighted by Gasteiger charge is 2.17. The minimum absolute atomic E-state index is 0.167. The zero-order chi connectivity index (χ0) is 14.5. The molecule has 2 aromatic rings. The first-order valence-electron chi connectivity index (χ1n) is 7.38. The predicted octanol–water partition coefficient (Wildman–Crippen LogP) is 2.54. The normalized spacial score (nSPS) is 17.0. The van der Waals surface area contributed by atoms with Gasteiger partial charge in [-0.25, -0.2) is 4.39 Å². The molecule has 1 aliphatic heterocycles. The summed E-state index contributed by atoms with van der Waals surface area (Å²) in [6.45, 7) is 6.11. The monoisotopic (exact) mass is 285 g/mol. The van der Waals surface area contributed by atoms with Gasteiger partial charge in [-0.1, -0.05) is 18.2 Å². The van der Waals surface area contributed by atoms with Gasteiger partial charge >= 0.3 is 0 Å². The van der Waals surface area contributed by atoms with Crippen LogP contribution in [0.2, 0.25) is 0 Å². The number of nitrogens with zero attached hydrogens (tertiary/aromatic N) is 3. The van der Waals surface area contributed by atoms with Gasteiger partial charge in [0, 0.05) is 51.7 Å². The van der Waals surface area contributed by atoms with Crippen LogP contribution in [0.25, 0.3) is 0 Å². The minimum Gasteiger partial charge on any atom is -0.297 e. The summed E-state index contributed by atoms with van der Waals surface area (Å²) in [5.41, 5.74) is 2.45. The van der Waals surface area contributed by atoms with Gasteiger partial charge in [0.2, 0.25) is 0 Å². The van der Waals surface area contributed by atoms with Crippen LogP contribution in [0, 0.1) is 5.82 Å². The molecule has 1 aliphatic rings. The SMILES string of the molecule is Fc1ccc(CN2CCN(Cc3cccnc3)CC2)cc1. The molecule has 0 bridgehead atoms. The van der Waals surface area contributed by atoms with Crippen LogP contribution in [-0.4, -0.2) is 41.0 Å². The molecule has 0 unspecified atom stereocenters. The Morgan fingerprint density at radius 2 is 1.48 bits per heavy atom. The maximum absolute atomic E-state index is 12.9. The molecular formula is C17H20FN3. The molecule has 1 fully saturated rings. The fraction of sp³-hybridized carbons (Fsp3) is 0.353. The summed E-state index contributed by atoms with van der Waals surface area (Å²) in [7, 11) is 0. The number of benzene rings is 1. The number of rotatable bonds is 4. The molecular weight excluding hydrogens is 265 g/mol. The van der Waals surface area contributed by atoms with Crippen LogP contribution in [0.5, 0.6) is 0 Å². The molecule has 3 nitrogen and oxygen atoms in total. The molecule has 0 radical (unpaired) electrons. The number of halogens is 1. The van der Waals surface area contributed by atoms with Gasteiger partial charge in [-0.15, -0.1) is 0 Å². The van der Waals surface area contributed by atoms with E-state index in [0.29, 0.717) is 0 Å². The summed E-state index contributed by atoms with van der Waals surface area (Å²) < 4.78 is 12.9. The predicted molar refractivity (Wildman–Crippen MR) is 81.2 cm³/mol. The van der Waals surface area contributed by atoms with E-state index in [1.54, 1.807) is 0 Å². The quantitative estimate of drug-likeness (QED) is 0.860. The van der Waals surface area contributed by atoms with Crippen molar-refractivity contribution >= 4 is 0 Å². The van der Waals surface area contributed by atoms with Gasteiger partial charge < -0.3 is 0 Å². The molecule has 0 spiro atoms. The summed E-state index contributed by atoms with van der Waals surface area (Å²) in [4.78, 5) is 9.04. The molecule has 0 saturated carbocycles. The molecule has 110 valence electrons. The fourth-order valence-electron chi connectivity index (χ4n) is 2.70. The van der Waals surface area contributed by atoms with Crippen molar-refractivity contribution in [3.63, 3.8) is 0 Å². The van der Waals surface area contributed by atoms with E-state index in [4.69, 9.17) is 0 Å². The third-order valence-electron chi connectivity index (χ3n) is 3.91. The van der Waals surface area contributed by atoms with Gasteiger partial charge in [0.25, 0.3) is 0 Å². The van der Waals surface area contributed by atoms with E-state index in [1.807, 2.05) is 30.6 Å². The Bertz CT molecular complexity index is 548. The van der Waals surface area contributed by atoms with Crippen molar-refractivity contribution in [2.75, 3.05) is 26.2 Å². The second-order valence-electron chi connectivity index (χ2n) is 5.54. The molecule has 21 heavy (non-hydrogen) atoms. The van der Waals surface area contributed by atoms with Crippen LogP contribution in [0.3, 0.4) is 0 Å². The van der Waals surface area contributed by atoms with Gasteiger partial charge in [0.1, 0.15) is 5.82 Å². The first-order chi connectivity index (χ1) is 10.3. The third-order valence-corrected chi connectivity index (χ3v) is 3.91. The molecule has 1 aromatic carbocycles. The minimum atomic E-state index is -0.167. The van der Waals surface area contributed by atoms with Gasteiger partial charge in [-0.3, -0.25) is 14.8 Å². The Morgan fingerprint density at radius 3 is 2.05 bits per heavy atom. The molecule has 2 heterocycles. The number of piperazine rings is 1. The van der Waals surface area contributed by atoms with Crippen molar-refractivity contribution in [3.05, 3.63) is 65.7 Å². The molecule has 0 amide bonds. The van der Waals surface area contributed by atoms with E-state index >= 15 is 0 Å². The highest BCUT2D eigenvalue weighted by atomic mass is 19.1. The van der Waals surface area contributed by atoms with Crippen LogP contribution in [0.4, 0.5) is 4.39 Å². The Morgan fingerprint density at radius 1 is 0.857 bits per heavy atom. The Labute approximate surface area is 125 Å². The van der Waals surface area contributed by atoms with Crippen molar-refractivity contribution in [3.8, 4) is 0 Å². The topological polar surface area (TPSA) is 19.4 Å².